The molecule has 2 aliphatic carbocycles. The first kappa shape index (κ1) is 32.7. The zero-order valence-electron chi connectivity index (χ0n) is 31.8. The second-order valence-electron chi connectivity index (χ2n) is 15.5. The van der Waals surface area contributed by atoms with E-state index in [2.05, 4.69) is 229 Å². The van der Waals surface area contributed by atoms with Crippen LogP contribution in [0, 0.1) is 0 Å². The van der Waals surface area contributed by atoms with Crippen molar-refractivity contribution in [3.63, 3.8) is 0 Å². The highest BCUT2D eigenvalue weighted by Crippen LogP contribution is 2.66. The minimum Gasteiger partial charge on any atom is -0.309 e. The number of hydrogen-bond donors (Lipinski definition) is 0. The van der Waals surface area contributed by atoms with Gasteiger partial charge in [0.25, 0.3) is 0 Å². The first-order valence-corrected chi connectivity index (χ1v) is 20.2. The van der Waals surface area contributed by atoms with Crippen molar-refractivity contribution in [1.82, 2.24) is 0 Å². The quantitative estimate of drug-likeness (QED) is 0.170. The van der Waals surface area contributed by atoms with Gasteiger partial charge in [0.1, 0.15) is 0 Å². The second-order valence-corrected chi connectivity index (χ2v) is 15.5. The number of fused-ring (bicyclic) bond motifs is 14. The molecule has 0 bridgehead atoms. The van der Waals surface area contributed by atoms with Crippen molar-refractivity contribution in [1.29, 1.82) is 0 Å². The molecule has 10 aromatic rings. The average molecular weight is 736 g/mol. The van der Waals surface area contributed by atoms with Gasteiger partial charge in [-0.15, -0.1) is 0 Å². The monoisotopic (exact) mass is 735 g/mol. The Kier molecular flexibility index (Phi) is 7.21. The maximum absolute atomic E-state index is 2.55. The lowest BCUT2D eigenvalue weighted by Crippen LogP contribution is -2.26. The summed E-state index contributed by atoms with van der Waals surface area (Å²) in [6.45, 7) is 0. The van der Waals surface area contributed by atoms with E-state index in [1.54, 1.807) is 0 Å². The molecule has 2 aliphatic rings. The molecule has 0 N–H and O–H groups in total. The molecule has 0 radical (unpaired) electrons. The van der Waals surface area contributed by atoms with E-state index >= 15 is 0 Å². The largest absolute Gasteiger partial charge is 0.309 e. The fourth-order valence-electron chi connectivity index (χ4n) is 10.3. The molecule has 270 valence electrons. The smallest absolute Gasteiger partial charge is 0.0726 e. The van der Waals surface area contributed by atoms with Gasteiger partial charge in [-0.1, -0.05) is 194 Å². The summed E-state index contributed by atoms with van der Waals surface area (Å²) >= 11 is 0. The lowest BCUT2D eigenvalue weighted by atomic mass is 9.70. The highest BCUT2D eigenvalue weighted by atomic mass is 15.1. The molecule has 0 fully saturated rings. The van der Waals surface area contributed by atoms with Crippen molar-refractivity contribution >= 4 is 38.6 Å². The van der Waals surface area contributed by atoms with E-state index in [-0.39, 0.29) is 0 Å². The van der Waals surface area contributed by atoms with E-state index < -0.39 is 5.41 Å². The van der Waals surface area contributed by atoms with Crippen molar-refractivity contribution in [2.45, 2.75) is 5.41 Å². The molecule has 1 spiro atoms. The molecule has 0 saturated heterocycles. The first-order valence-electron chi connectivity index (χ1n) is 20.2. The summed E-state index contributed by atoms with van der Waals surface area (Å²) in [7, 11) is 0. The van der Waals surface area contributed by atoms with Gasteiger partial charge in [0.2, 0.25) is 0 Å². The zero-order valence-corrected chi connectivity index (χ0v) is 31.8. The van der Waals surface area contributed by atoms with Crippen LogP contribution in [-0.4, -0.2) is 0 Å². The number of nitrogens with zero attached hydrogens (tertiary/aromatic N) is 1. The van der Waals surface area contributed by atoms with Gasteiger partial charge in [-0.3, -0.25) is 0 Å². The first-order chi connectivity index (χ1) is 28.8. The lowest BCUT2D eigenvalue weighted by molar-refractivity contribution is 0.795. The highest BCUT2D eigenvalue weighted by Gasteiger charge is 2.52. The van der Waals surface area contributed by atoms with Gasteiger partial charge in [0.15, 0.2) is 0 Å². The highest BCUT2D eigenvalue weighted by molar-refractivity contribution is 6.17. The Balaban J connectivity index is 1.23. The molecule has 0 atom stereocenters. The summed E-state index contributed by atoms with van der Waals surface area (Å²) in [6, 6.07) is 83.1. The average Bonchev–Trinajstić information content (AvgIpc) is 3.78. The number of para-hydroxylation sites is 1. The third kappa shape index (κ3) is 4.59. The van der Waals surface area contributed by atoms with Crippen LogP contribution in [-0.2, 0) is 5.41 Å². The molecule has 1 heteroatoms. The molecular formula is C57H37N. The van der Waals surface area contributed by atoms with Gasteiger partial charge in [-0.2, -0.15) is 0 Å². The lowest BCUT2D eigenvalue weighted by Gasteiger charge is -2.33. The second kappa shape index (κ2) is 12.8. The molecule has 12 rings (SSSR count). The van der Waals surface area contributed by atoms with E-state index in [0.29, 0.717) is 0 Å². The molecule has 0 amide bonds. The third-order valence-corrected chi connectivity index (χ3v) is 12.6. The number of benzene rings is 10. The van der Waals surface area contributed by atoms with E-state index in [0.717, 1.165) is 17.1 Å². The Bertz CT molecular complexity index is 3170. The molecular weight excluding hydrogens is 699 g/mol. The standard InChI is InChI=1S/C57H37N/c1-4-18-38(19-5-1)41-33-35-53(48(36-41)39-20-6-2-7-21-39)58(42-23-8-3-9-24-42)54-37-52-56(47-29-13-12-28-46(47)54)55-43-25-11-10-22-40(43)32-34-51(55)57(52)49-30-16-14-26-44(49)45-27-15-17-31-50(45)57/h1-37H. The normalized spacial score (nSPS) is 13.0. The van der Waals surface area contributed by atoms with E-state index in [1.165, 1.54) is 88.3 Å². The minimum atomic E-state index is -0.511. The molecule has 0 aliphatic heterocycles. The van der Waals surface area contributed by atoms with Gasteiger partial charge >= 0.3 is 0 Å². The van der Waals surface area contributed by atoms with Crippen LogP contribution in [0.15, 0.2) is 224 Å². The fourth-order valence-corrected chi connectivity index (χ4v) is 10.3. The van der Waals surface area contributed by atoms with Gasteiger partial charge in [0.05, 0.1) is 16.8 Å². The van der Waals surface area contributed by atoms with Crippen molar-refractivity contribution in [2.75, 3.05) is 4.90 Å². The Labute approximate surface area is 338 Å². The van der Waals surface area contributed by atoms with Crippen LogP contribution in [0.25, 0.3) is 66.1 Å². The third-order valence-electron chi connectivity index (χ3n) is 12.6. The predicted molar refractivity (Wildman–Crippen MR) is 243 cm³/mol. The predicted octanol–water partition coefficient (Wildman–Crippen LogP) is 15.1. The van der Waals surface area contributed by atoms with Gasteiger partial charge in [-0.25, -0.2) is 0 Å². The Morgan fingerprint density at radius 1 is 0.293 bits per heavy atom. The zero-order chi connectivity index (χ0) is 38.2. The number of rotatable bonds is 5. The molecule has 0 heterocycles. The van der Waals surface area contributed by atoms with Crippen LogP contribution < -0.4 is 4.90 Å². The Morgan fingerprint density at radius 2 is 0.845 bits per heavy atom. The summed E-state index contributed by atoms with van der Waals surface area (Å²) in [4.78, 5) is 2.52. The van der Waals surface area contributed by atoms with Gasteiger partial charge in [0, 0.05) is 16.6 Å². The molecule has 0 aromatic heterocycles. The fraction of sp³-hybridized carbons (Fsp3) is 0.0175. The molecule has 10 aromatic carbocycles. The molecule has 1 nitrogen and oxygen atoms in total. The minimum absolute atomic E-state index is 0.511. The number of anilines is 3. The maximum Gasteiger partial charge on any atom is 0.0726 e. The van der Waals surface area contributed by atoms with Crippen LogP contribution in [0.1, 0.15) is 22.3 Å². The molecule has 0 unspecified atom stereocenters. The van der Waals surface area contributed by atoms with Crippen LogP contribution in [0.4, 0.5) is 17.1 Å². The van der Waals surface area contributed by atoms with E-state index in [9.17, 15) is 0 Å². The Hall–Kier alpha value is -7.48. The van der Waals surface area contributed by atoms with Crippen molar-refractivity contribution in [3.8, 4) is 44.5 Å². The SMILES string of the molecule is c1ccc(-c2ccc(N(c3ccccc3)c3cc4c(c5ccccc35)-c3c(ccc5ccccc35)C43c4ccccc4-c4ccccc43)c(-c3ccccc3)c2)cc1. The van der Waals surface area contributed by atoms with E-state index in [4.69, 9.17) is 0 Å². The van der Waals surface area contributed by atoms with Crippen molar-refractivity contribution in [2.24, 2.45) is 0 Å². The maximum atomic E-state index is 2.55. The van der Waals surface area contributed by atoms with Crippen LogP contribution in [0.3, 0.4) is 0 Å². The summed E-state index contributed by atoms with van der Waals surface area (Å²) < 4.78 is 0. The summed E-state index contributed by atoms with van der Waals surface area (Å²) in [5.74, 6) is 0. The summed E-state index contributed by atoms with van der Waals surface area (Å²) in [5.41, 5.74) is 18.3. The number of hydrogen-bond acceptors (Lipinski definition) is 1. The van der Waals surface area contributed by atoms with Crippen LogP contribution in [0.5, 0.6) is 0 Å². The van der Waals surface area contributed by atoms with Crippen LogP contribution >= 0.6 is 0 Å². The van der Waals surface area contributed by atoms with Gasteiger partial charge in [-0.05, 0) is 108 Å². The molecule has 58 heavy (non-hydrogen) atoms. The van der Waals surface area contributed by atoms with Gasteiger partial charge < -0.3 is 4.90 Å². The molecule has 0 saturated carbocycles. The summed E-state index contributed by atoms with van der Waals surface area (Å²) in [5, 5.41) is 5.02. The topological polar surface area (TPSA) is 3.24 Å². The van der Waals surface area contributed by atoms with Crippen LogP contribution in [0.2, 0.25) is 0 Å². The van der Waals surface area contributed by atoms with Crippen molar-refractivity contribution < 1.29 is 0 Å². The summed E-state index contributed by atoms with van der Waals surface area (Å²) in [6.07, 6.45) is 0. The Morgan fingerprint density at radius 3 is 1.55 bits per heavy atom. The van der Waals surface area contributed by atoms with E-state index in [1.807, 2.05) is 0 Å². The van der Waals surface area contributed by atoms with Crippen molar-refractivity contribution in [3.05, 3.63) is 247 Å².